The topological polar surface area (TPSA) is 128 Å². The van der Waals surface area contributed by atoms with Gasteiger partial charge in [-0.3, -0.25) is 19.7 Å². The molecule has 0 spiro atoms. The van der Waals surface area contributed by atoms with Crippen LogP contribution in [0.3, 0.4) is 0 Å². The largest absolute Gasteiger partial charge is 0.454 e. The number of rotatable bonds is 10. The van der Waals surface area contributed by atoms with Gasteiger partial charge in [0.25, 0.3) is 17.5 Å². The molecule has 0 fully saturated rings. The molecule has 30 heavy (non-hydrogen) atoms. The Morgan fingerprint density at radius 2 is 1.77 bits per heavy atom. The molecule has 0 radical (unpaired) electrons. The Bertz CT molecular complexity index is 906. The Hall–Kier alpha value is -3.40. The van der Waals surface area contributed by atoms with Gasteiger partial charge in [0.05, 0.1) is 4.92 Å². The number of hydrogen-bond donors (Lipinski definition) is 2. The molecule has 0 aliphatic rings. The summed E-state index contributed by atoms with van der Waals surface area (Å²) in [6.45, 7) is -0.637. The minimum absolute atomic E-state index is 0.000127. The molecular weight excluding hydrogens is 410 g/mol. The highest BCUT2D eigenvalue weighted by molar-refractivity contribution is 7.98. The Balaban J connectivity index is 1.95. The van der Waals surface area contributed by atoms with E-state index in [-0.39, 0.29) is 11.4 Å². The summed E-state index contributed by atoms with van der Waals surface area (Å²) in [7, 11) is 0. The predicted octanol–water partition coefficient (Wildman–Crippen LogP) is 2.63. The van der Waals surface area contributed by atoms with Gasteiger partial charge in [0, 0.05) is 11.6 Å². The first-order chi connectivity index (χ1) is 14.4. The lowest BCUT2D eigenvalue weighted by atomic mass is 10.1. The zero-order chi connectivity index (χ0) is 21.9. The van der Waals surface area contributed by atoms with Crippen molar-refractivity contribution in [1.82, 2.24) is 5.32 Å². The third-order valence-corrected chi connectivity index (χ3v) is 4.60. The summed E-state index contributed by atoms with van der Waals surface area (Å²) in [6.07, 6.45) is 2.19. The minimum Gasteiger partial charge on any atom is -0.454 e. The molecule has 2 aromatic carbocycles. The van der Waals surface area contributed by atoms with Gasteiger partial charge in [-0.1, -0.05) is 30.3 Å². The fraction of sp³-hybridized carbons (Fsp3) is 0.250. The second-order valence-electron chi connectivity index (χ2n) is 6.10. The number of carbonyl (C=O) groups excluding carboxylic acids is 3. The molecule has 158 valence electrons. The molecule has 2 amide bonds. The average Bonchev–Trinajstić information content (AvgIpc) is 2.75. The summed E-state index contributed by atoms with van der Waals surface area (Å²) in [6, 6.07) is 13.1. The standard InChI is InChI=1S/C20H21N3O6S/c1-30-12-11-16(22-19(25)14-7-3-2-4-8-14)20(26)29-13-18(24)21-15-9-5-6-10-17(15)23(27)28/h2-10,16H,11-13H2,1H3,(H,21,24)(H,22,25)/t16-/m0/s1. The molecule has 0 bridgehead atoms. The van der Waals surface area contributed by atoms with Gasteiger partial charge in [-0.25, -0.2) is 4.79 Å². The molecule has 2 N–H and O–H groups in total. The van der Waals surface area contributed by atoms with Crippen LogP contribution < -0.4 is 10.6 Å². The summed E-state index contributed by atoms with van der Waals surface area (Å²) in [5, 5.41) is 16.0. The van der Waals surface area contributed by atoms with E-state index in [4.69, 9.17) is 4.74 Å². The summed E-state index contributed by atoms with van der Waals surface area (Å²) in [5.41, 5.74) is 0.124. The maximum Gasteiger partial charge on any atom is 0.329 e. The van der Waals surface area contributed by atoms with Crippen LogP contribution in [0.2, 0.25) is 0 Å². The Morgan fingerprint density at radius 3 is 2.43 bits per heavy atom. The number of carbonyl (C=O) groups is 3. The smallest absolute Gasteiger partial charge is 0.329 e. The summed E-state index contributed by atoms with van der Waals surface area (Å²) < 4.78 is 5.03. The molecule has 0 unspecified atom stereocenters. The number of esters is 1. The van der Waals surface area contributed by atoms with Gasteiger partial charge >= 0.3 is 5.97 Å². The zero-order valence-corrected chi connectivity index (χ0v) is 17.0. The van der Waals surface area contributed by atoms with E-state index < -0.39 is 35.4 Å². The number of nitro groups is 1. The quantitative estimate of drug-likeness (QED) is 0.336. The van der Waals surface area contributed by atoms with Crippen molar-refractivity contribution in [3.8, 4) is 0 Å². The number of benzene rings is 2. The second-order valence-corrected chi connectivity index (χ2v) is 7.09. The van der Waals surface area contributed by atoms with Gasteiger partial charge in [-0.05, 0) is 36.6 Å². The monoisotopic (exact) mass is 431 g/mol. The fourth-order valence-electron chi connectivity index (χ4n) is 2.48. The lowest BCUT2D eigenvalue weighted by Gasteiger charge is -2.17. The van der Waals surface area contributed by atoms with Crippen LogP contribution in [0.4, 0.5) is 11.4 Å². The number of amides is 2. The SMILES string of the molecule is CSCC[C@H](NC(=O)c1ccccc1)C(=O)OCC(=O)Nc1ccccc1[N+](=O)[O-]. The summed E-state index contributed by atoms with van der Waals surface area (Å²) in [4.78, 5) is 47.2. The molecule has 1 atom stereocenters. The number of anilines is 1. The Morgan fingerprint density at radius 1 is 1.10 bits per heavy atom. The Labute approximate surface area is 177 Å². The van der Waals surface area contributed by atoms with Crippen molar-refractivity contribution >= 4 is 40.9 Å². The van der Waals surface area contributed by atoms with Crippen molar-refractivity contribution in [2.45, 2.75) is 12.5 Å². The highest BCUT2D eigenvalue weighted by atomic mass is 32.2. The van der Waals surface area contributed by atoms with E-state index in [1.807, 2.05) is 6.26 Å². The normalized spacial score (nSPS) is 11.2. The number of thioether (sulfide) groups is 1. The number of para-hydroxylation sites is 2. The number of nitro benzene ring substituents is 1. The van der Waals surface area contributed by atoms with Gasteiger partial charge in [-0.15, -0.1) is 0 Å². The maximum absolute atomic E-state index is 12.4. The van der Waals surface area contributed by atoms with Crippen molar-refractivity contribution in [3.63, 3.8) is 0 Å². The van der Waals surface area contributed by atoms with Gasteiger partial charge in [-0.2, -0.15) is 11.8 Å². The van der Waals surface area contributed by atoms with E-state index in [0.717, 1.165) is 0 Å². The van der Waals surface area contributed by atoms with E-state index in [2.05, 4.69) is 10.6 Å². The lowest BCUT2D eigenvalue weighted by molar-refractivity contribution is -0.383. The van der Waals surface area contributed by atoms with Crippen LogP contribution in [0.25, 0.3) is 0 Å². The van der Waals surface area contributed by atoms with Crippen LogP contribution in [-0.4, -0.2) is 47.4 Å². The van der Waals surface area contributed by atoms with Crippen LogP contribution in [0.15, 0.2) is 54.6 Å². The van der Waals surface area contributed by atoms with E-state index in [0.29, 0.717) is 17.7 Å². The average molecular weight is 431 g/mol. The molecule has 10 heteroatoms. The van der Waals surface area contributed by atoms with Crippen molar-refractivity contribution < 1.29 is 24.0 Å². The zero-order valence-electron chi connectivity index (χ0n) is 16.2. The molecule has 2 rings (SSSR count). The van der Waals surface area contributed by atoms with Crippen molar-refractivity contribution in [3.05, 3.63) is 70.3 Å². The van der Waals surface area contributed by atoms with Crippen LogP contribution in [0.5, 0.6) is 0 Å². The maximum atomic E-state index is 12.4. The number of ether oxygens (including phenoxy) is 1. The molecule has 0 heterocycles. The van der Waals surface area contributed by atoms with Gasteiger partial charge in [0.2, 0.25) is 0 Å². The molecule has 9 nitrogen and oxygen atoms in total. The Kier molecular flexibility index (Phi) is 8.82. The summed E-state index contributed by atoms with van der Waals surface area (Å²) in [5.74, 6) is -1.32. The van der Waals surface area contributed by atoms with E-state index in [9.17, 15) is 24.5 Å². The molecule has 2 aromatic rings. The molecular formula is C20H21N3O6S. The highest BCUT2D eigenvalue weighted by Gasteiger charge is 2.24. The third-order valence-electron chi connectivity index (χ3n) is 3.96. The predicted molar refractivity (Wildman–Crippen MR) is 113 cm³/mol. The van der Waals surface area contributed by atoms with Crippen LogP contribution in [0, 0.1) is 10.1 Å². The van der Waals surface area contributed by atoms with Crippen LogP contribution in [-0.2, 0) is 14.3 Å². The molecule has 0 aliphatic carbocycles. The van der Waals surface area contributed by atoms with Crippen LogP contribution in [0.1, 0.15) is 16.8 Å². The first-order valence-corrected chi connectivity index (χ1v) is 10.4. The minimum atomic E-state index is -0.927. The number of nitrogens with one attached hydrogen (secondary N) is 2. The summed E-state index contributed by atoms with van der Waals surface area (Å²) >= 11 is 1.50. The number of nitrogens with zero attached hydrogens (tertiary/aromatic N) is 1. The van der Waals surface area contributed by atoms with Gasteiger partial charge in [0.15, 0.2) is 6.61 Å². The molecule has 0 aliphatic heterocycles. The van der Waals surface area contributed by atoms with Crippen LogP contribution >= 0.6 is 11.8 Å². The first kappa shape index (κ1) is 22.9. The van der Waals surface area contributed by atoms with Crippen molar-refractivity contribution in [1.29, 1.82) is 0 Å². The molecule has 0 saturated heterocycles. The van der Waals surface area contributed by atoms with Crippen molar-refractivity contribution in [2.24, 2.45) is 0 Å². The number of hydrogen-bond acceptors (Lipinski definition) is 7. The van der Waals surface area contributed by atoms with Crippen molar-refractivity contribution in [2.75, 3.05) is 23.9 Å². The van der Waals surface area contributed by atoms with E-state index in [1.54, 1.807) is 30.3 Å². The third kappa shape index (κ3) is 6.89. The highest BCUT2D eigenvalue weighted by Crippen LogP contribution is 2.22. The van der Waals surface area contributed by atoms with Gasteiger partial charge in [0.1, 0.15) is 11.7 Å². The van der Waals surface area contributed by atoms with E-state index >= 15 is 0 Å². The van der Waals surface area contributed by atoms with Gasteiger partial charge < -0.3 is 15.4 Å². The fourth-order valence-corrected chi connectivity index (χ4v) is 2.95. The molecule has 0 saturated carbocycles. The lowest BCUT2D eigenvalue weighted by Crippen LogP contribution is -2.43. The van der Waals surface area contributed by atoms with E-state index in [1.165, 1.54) is 36.0 Å². The second kappa shape index (κ2) is 11.6. The first-order valence-electron chi connectivity index (χ1n) is 8.97. The molecule has 0 aromatic heterocycles.